The summed E-state index contributed by atoms with van der Waals surface area (Å²) in [4.78, 5) is 15.3. The van der Waals surface area contributed by atoms with Gasteiger partial charge in [0.25, 0.3) is 0 Å². The number of hydrogen-bond acceptors (Lipinski definition) is 2. The average molecular weight is 269 g/mol. The van der Waals surface area contributed by atoms with Gasteiger partial charge >= 0.3 is 6.09 Å². The molecule has 2 atom stereocenters. The molecule has 0 bridgehead atoms. The van der Waals surface area contributed by atoms with Crippen LogP contribution < -0.4 is 4.90 Å². The van der Waals surface area contributed by atoms with Crippen LogP contribution in [-0.4, -0.2) is 49.8 Å². The fourth-order valence-corrected chi connectivity index (χ4v) is 3.85. The second-order valence-electron chi connectivity index (χ2n) is 6.47. The second kappa shape index (κ2) is 6.60. The number of hydrogen-bond donors (Lipinski definition) is 1. The highest BCUT2D eigenvalue weighted by Gasteiger charge is 2.34. The molecule has 0 unspecified atom stereocenters. The molecule has 0 aromatic carbocycles. The molecule has 110 valence electrons. The number of quaternary nitrogens is 1. The maximum Gasteiger partial charge on any atom is 0.409 e. The van der Waals surface area contributed by atoms with Crippen LogP contribution >= 0.6 is 0 Å². The van der Waals surface area contributed by atoms with E-state index in [2.05, 4.69) is 13.8 Å². The molecule has 1 amide bonds. The number of piperidine rings is 2. The van der Waals surface area contributed by atoms with Crippen LogP contribution in [0.3, 0.4) is 0 Å². The van der Waals surface area contributed by atoms with E-state index in [9.17, 15) is 4.79 Å². The third-order valence-electron chi connectivity index (χ3n) is 4.62. The van der Waals surface area contributed by atoms with Gasteiger partial charge in [-0.3, -0.25) is 0 Å². The molecule has 2 aliphatic rings. The van der Waals surface area contributed by atoms with Crippen molar-refractivity contribution in [1.29, 1.82) is 0 Å². The van der Waals surface area contributed by atoms with Gasteiger partial charge in [-0.2, -0.15) is 0 Å². The Balaban J connectivity index is 1.81. The Morgan fingerprint density at radius 1 is 1.21 bits per heavy atom. The lowest BCUT2D eigenvalue weighted by Crippen LogP contribution is -3.18. The Labute approximate surface area is 117 Å². The molecule has 1 N–H and O–H groups in total. The van der Waals surface area contributed by atoms with Gasteiger partial charge in [-0.15, -0.1) is 0 Å². The highest BCUT2D eigenvalue weighted by Crippen LogP contribution is 2.15. The Morgan fingerprint density at radius 3 is 2.32 bits per heavy atom. The van der Waals surface area contributed by atoms with Crippen LogP contribution in [0.5, 0.6) is 0 Å². The Kier molecular flexibility index (Phi) is 5.08. The summed E-state index contributed by atoms with van der Waals surface area (Å²) in [5.41, 5.74) is 0. The molecule has 0 radical (unpaired) electrons. The van der Waals surface area contributed by atoms with E-state index in [1.165, 1.54) is 19.5 Å². The third-order valence-corrected chi connectivity index (χ3v) is 4.62. The molecule has 19 heavy (non-hydrogen) atoms. The molecule has 4 heteroatoms. The zero-order valence-corrected chi connectivity index (χ0v) is 12.7. The van der Waals surface area contributed by atoms with Crippen molar-refractivity contribution < 1.29 is 14.4 Å². The molecular weight excluding hydrogens is 240 g/mol. The summed E-state index contributed by atoms with van der Waals surface area (Å²) in [7, 11) is 0. The average Bonchev–Trinajstić information content (AvgIpc) is 2.38. The molecular formula is C15H29N2O2+. The van der Waals surface area contributed by atoms with Crippen molar-refractivity contribution in [2.24, 2.45) is 11.8 Å². The number of nitrogens with zero attached hydrogens (tertiary/aromatic N) is 1. The molecule has 0 aromatic heterocycles. The molecule has 2 fully saturated rings. The summed E-state index contributed by atoms with van der Waals surface area (Å²) in [5.74, 6) is 1.70. The van der Waals surface area contributed by atoms with E-state index >= 15 is 0 Å². The topological polar surface area (TPSA) is 34.0 Å². The maximum absolute atomic E-state index is 11.7. The molecule has 0 spiro atoms. The maximum atomic E-state index is 11.7. The van der Waals surface area contributed by atoms with E-state index < -0.39 is 0 Å². The molecule has 2 rings (SSSR count). The number of carbonyl (C=O) groups excluding carboxylic acids is 1. The molecule has 2 saturated heterocycles. The van der Waals surface area contributed by atoms with Crippen molar-refractivity contribution in [3.63, 3.8) is 0 Å². The summed E-state index contributed by atoms with van der Waals surface area (Å²) < 4.78 is 5.08. The van der Waals surface area contributed by atoms with Crippen LogP contribution in [0.25, 0.3) is 0 Å². The fourth-order valence-electron chi connectivity index (χ4n) is 3.85. The molecule has 0 aromatic rings. The SMILES string of the molecule is CCOC(=O)N1CCC([NH+]2C[C@@H](C)C[C@H](C)C2)CC1. The Hall–Kier alpha value is -0.770. The zero-order chi connectivity index (χ0) is 13.8. The van der Waals surface area contributed by atoms with Gasteiger partial charge in [-0.25, -0.2) is 4.79 Å². The van der Waals surface area contributed by atoms with Gasteiger partial charge in [0.05, 0.1) is 25.7 Å². The highest BCUT2D eigenvalue weighted by atomic mass is 16.6. The van der Waals surface area contributed by atoms with E-state index in [1.807, 2.05) is 11.8 Å². The van der Waals surface area contributed by atoms with E-state index in [0.717, 1.165) is 43.8 Å². The van der Waals surface area contributed by atoms with Gasteiger partial charge in [-0.1, -0.05) is 13.8 Å². The summed E-state index contributed by atoms with van der Waals surface area (Å²) in [6, 6.07) is 0.746. The van der Waals surface area contributed by atoms with Crippen LogP contribution in [0, 0.1) is 11.8 Å². The summed E-state index contributed by atoms with van der Waals surface area (Å²) in [6.07, 6.45) is 3.52. The third kappa shape index (κ3) is 3.85. The number of ether oxygens (including phenoxy) is 1. The van der Waals surface area contributed by atoms with Crippen LogP contribution in [0.2, 0.25) is 0 Å². The lowest BCUT2D eigenvalue weighted by molar-refractivity contribution is -0.938. The largest absolute Gasteiger partial charge is 0.450 e. The van der Waals surface area contributed by atoms with Gasteiger partial charge in [0.1, 0.15) is 0 Å². The number of likely N-dealkylation sites (tertiary alicyclic amines) is 2. The van der Waals surface area contributed by atoms with Crippen molar-refractivity contribution in [1.82, 2.24) is 4.90 Å². The van der Waals surface area contributed by atoms with Crippen LogP contribution in [0.1, 0.15) is 40.0 Å². The van der Waals surface area contributed by atoms with Crippen molar-refractivity contribution >= 4 is 6.09 Å². The quantitative estimate of drug-likeness (QED) is 0.816. The second-order valence-corrected chi connectivity index (χ2v) is 6.47. The lowest BCUT2D eigenvalue weighted by Gasteiger charge is -2.40. The molecule has 0 saturated carbocycles. The van der Waals surface area contributed by atoms with E-state index in [-0.39, 0.29) is 6.09 Å². The normalized spacial score (nSPS) is 33.2. The zero-order valence-electron chi connectivity index (χ0n) is 12.7. The molecule has 4 nitrogen and oxygen atoms in total. The molecule has 2 heterocycles. The van der Waals surface area contributed by atoms with E-state index in [1.54, 1.807) is 4.90 Å². The monoisotopic (exact) mass is 269 g/mol. The van der Waals surface area contributed by atoms with Gasteiger partial charge in [0.2, 0.25) is 0 Å². The molecule has 2 aliphatic heterocycles. The van der Waals surface area contributed by atoms with Crippen molar-refractivity contribution in [2.45, 2.75) is 46.1 Å². The minimum Gasteiger partial charge on any atom is -0.450 e. The van der Waals surface area contributed by atoms with Gasteiger partial charge in [0.15, 0.2) is 0 Å². The number of nitrogens with one attached hydrogen (secondary N) is 1. The minimum atomic E-state index is -0.128. The van der Waals surface area contributed by atoms with Gasteiger partial charge in [0, 0.05) is 37.8 Å². The summed E-state index contributed by atoms with van der Waals surface area (Å²) in [5, 5.41) is 0. The number of carbonyl (C=O) groups is 1. The van der Waals surface area contributed by atoms with Crippen LogP contribution in [-0.2, 0) is 4.74 Å². The molecule has 0 aliphatic carbocycles. The lowest BCUT2D eigenvalue weighted by atomic mass is 9.89. The Bertz CT molecular complexity index is 291. The number of rotatable bonds is 2. The van der Waals surface area contributed by atoms with E-state index in [0.29, 0.717) is 6.61 Å². The smallest absolute Gasteiger partial charge is 0.409 e. The fraction of sp³-hybridized carbons (Fsp3) is 0.933. The van der Waals surface area contributed by atoms with Crippen molar-refractivity contribution in [3.05, 3.63) is 0 Å². The minimum absolute atomic E-state index is 0.128. The van der Waals surface area contributed by atoms with E-state index in [4.69, 9.17) is 4.74 Å². The van der Waals surface area contributed by atoms with Crippen LogP contribution in [0.15, 0.2) is 0 Å². The summed E-state index contributed by atoms with van der Waals surface area (Å²) in [6.45, 7) is 11.5. The Morgan fingerprint density at radius 2 is 1.79 bits per heavy atom. The van der Waals surface area contributed by atoms with Gasteiger partial charge in [-0.05, 0) is 13.3 Å². The first-order valence-electron chi connectivity index (χ1n) is 7.86. The summed E-state index contributed by atoms with van der Waals surface area (Å²) >= 11 is 0. The predicted molar refractivity (Wildman–Crippen MR) is 75.3 cm³/mol. The first-order valence-corrected chi connectivity index (χ1v) is 7.86. The first kappa shape index (κ1) is 14.6. The van der Waals surface area contributed by atoms with Crippen molar-refractivity contribution in [3.8, 4) is 0 Å². The van der Waals surface area contributed by atoms with Gasteiger partial charge < -0.3 is 14.5 Å². The first-order chi connectivity index (χ1) is 9.10. The highest BCUT2D eigenvalue weighted by molar-refractivity contribution is 5.67. The van der Waals surface area contributed by atoms with Crippen molar-refractivity contribution in [2.75, 3.05) is 32.8 Å². The number of amides is 1. The standard InChI is InChI=1S/C15H28N2O2/c1-4-19-15(18)16-7-5-14(6-8-16)17-10-12(2)9-13(3)11-17/h12-14H,4-11H2,1-3H3/p+1/t12-,13-/m0/s1. The predicted octanol–water partition coefficient (Wildman–Crippen LogP) is 1.17. The van der Waals surface area contributed by atoms with Crippen LogP contribution in [0.4, 0.5) is 4.79 Å².